The zero-order chi connectivity index (χ0) is 14.6. The highest BCUT2D eigenvalue weighted by Gasteiger charge is 2.38. The molecule has 1 saturated heterocycles. The van der Waals surface area contributed by atoms with Crippen LogP contribution in [0.5, 0.6) is 0 Å². The first kappa shape index (κ1) is 15.5. The smallest absolute Gasteiger partial charge is 0.0631 e. The van der Waals surface area contributed by atoms with Crippen molar-refractivity contribution in [2.45, 2.75) is 51.2 Å². The van der Waals surface area contributed by atoms with Gasteiger partial charge in [0.05, 0.1) is 24.9 Å². The Bertz CT molecular complexity index is 410. The molecule has 1 aromatic rings. The fourth-order valence-corrected chi connectivity index (χ4v) is 3.10. The largest absolute Gasteiger partial charge is 0.396 e. The molecule has 0 amide bonds. The van der Waals surface area contributed by atoms with E-state index in [1.165, 1.54) is 0 Å². The van der Waals surface area contributed by atoms with Gasteiger partial charge in [0.2, 0.25) is 0 Å². The highest BCUT2D eigenvalue weighted by Crippen LogP contribution is 2.37. The number of aliphatic hydroxyl groups excluding tert-OH is 2. The first-order valence-corrected chi connectivity index (χ1v) is 7.42. The van der Waals surface area contributed by atoms with E-state index in [1.807, 2.05) is 30.3 Å². The second-order valence-electron chi connectivity index (χ2n) is 6.72. The number of rotatable bonds is 6. The van der Waals surface area contributed by atoms with Gasteiger partial charge in [-0.25, -0.2) is 0 Å². The van der Waals surface area contributed by atoms with Gasteiger partial charge in [-0.1, -0.05) is 30.3 Å². The third kappa shape index (κ3) is 3.81. The number of ether oxygens (including phenoxy) is 1. The maximum absolute atomic E-state index is 9.81. The molecule has 3 heteroatoms. The Labute approximate surface area is 121 Å². The van der Waals surface area contributed by atoms with Crippen molar-refractivity contribution in [3.05, 3.63) is 35.9 Å². The molecular formula is C17H26O3. The lowest BCUT2D eigenvalue weighted by molar-refractivity contribution is -0.0554. The van der Waals surface area contributed by atoms with Crippen molar-refractivity contribution in [3.8, 4) is 0 Å². The van der Waals surface area contributed by atoms with E-state index in [2.05, 4.69) is 13.8 Å². The SMILES string of the molecule is CC1(C)CCC(CC(CO)(CO)Cc2ccccc2)O1. The molecule has 3 nitrogen and oxygen atoms in total. The van der Waals surface area contributed by atoms with Gasteiger partial charge in [0.1, 0.15) is 0 Å². The van der Waals surface area contributed by atoms with Crippen molar-refractivity contribution in [2.75, 3.05) is 13.2 Å². The molecule has 1 atom stereocenters. The molecule has 1 aliphatic heterocycles. The first-order valence-electron chi connectivity index (χ1n) is 7.42. The molecule has 0 radical (unpaired) electrons. The minimum Gasteiger partial charge on any atom is -0.396 e. The number of benzene rings is 1. The summed E-state index contributed by atoms with van der Waals surface area (Å²) in [6, 6.07) is 10.0. The zero-order valence-electron chi connectivity index (χ0n) is 12.5. The van der Waals surface area contributed by atoms with Crippen molar-refractivity contribution >= 4 is 0 Å². The molecule has 1 fully saturated rings. The molecule has 112 valence electrons. The first-order chi connectivity index (χ1) is 9.49. The topological polar surface area (TPSA) is 49.7 Å². The van der Waals surface area contributed by atoms with Gasteiger partial charge in [0, 0.05) is 5.41 Å². The van der Waals surface area contributed by atoms with E-state index in [4.69, 9.17) is 4.74 Å². The molecule has 0 aliphatic carbocycles. The van der Waals surface area contributed by atoms with Gasteiger partial charge in [-0.05, 0) is 45.1 Å². The summed E-state index contributed by atoms with van der Waals surface area (Å²) in [7, 11) is 0. The number of hydrogen-bond acceptors (Lipinski definition) is 3. The lowest BCUT2D eigenvalue weighted by atomic mass is 9.78. The summed E-state index contributed by atoms with van der Waals surface area (Å²) in [6.07, 6.45) is 3.56. The summed E-state index contributed by atoms with van der Waals surface area (Å²) in [5, 5.41) is 19.6. The maximum atomic E-state index is 9.81. The van der Waals surface area contributed by atoms with Crippen LogP contribution in [0.4, 0.5) is 0 Å². The van der Waals surface area contributed by atoms with E-state index in [-0.39, 0.29) is 24.9 Å². The van der Waals surface area contributed by atoms with Crippen LogP contribution < -0.4 is 0 Å². The number of aliphatic hydroxyl groups is 2. The van der Waals surface area contributed by atoms with Gasteiger partial charge >= 0.3 is 0 Å². The second-order valence-corrected chi connectivity index (χ2v) is 6.72. The molecule has 0 saturated carbocycles. The molecule has 0 bridgehead atoms. The third-order valence-electron chi connectivity index (χ3n) is 4.31. The van der Waals surface area contributed by atoms with Crippen molar-refractivity contribution in [2.24, 2.45) is 5.41 Å². The molecule has 1 aliphatic rings. The van der Waals surface area contributed by atoms with Crippen LogP contribution in [0.1, 0.15) is 38.7 Å². The molecular weight excluding hydrogens is 252 g/mol. The Morgan fingerprint density at radius 3 is 2.35 bits per heavy atom. The summed E-state index contributed by atoms with van der Waals surface area (Å²) in [6.45, 7) is 4.17. The van der Waals surface area contributed by atoms with Crippen LogP contribution in [0.3, 0.4) is 0 Å². The molecule has 0 aromatic heterocycles. The molecule has 2 N–H and O–H groups in total. The molecule has 1 unspecified atom stereocenters. The fraction of sp³-hybridized carbons (Fsp3) is 0.647. The minimum atomic E-state index is -0.494. The lowest BCUT2D eigenvalue weighted by Crippen LogP contribution is -2.37. The molecule has 20 heavy (non-hydrogen) atoms. The summed E-state index contributed by atoms with van der Waals surface area (Å²) < 4.78 is 6.02. The Hall–Kier alpha value is -0.900. The zero-order valence-corrected chi connectivity index (χ0v) is 12.5. The fourth-order valence-electron chi connectivity index (χ4n) is 3.10. The summed E-state index contributed by atoms with van der Waals surface area (Å²) >= 11 is 0. The monoisotopic (exact) mass is 278 g/mol. The van der Waals surface area contributed by atoms with E-state index < -0.39 is 5.41 Å². The van der Waals surface area contributed by atoms with E-state index >= 15 is 0 Å². The van der Waals surface area contributed by atoms with Crippen molar-refractivity contribution in [3.63, 3.8) is 0 Å². The van der Waals surface area contributed by atoms with Gasteiger partial charge < -0.3 is 14.9 Å². The molecule has 2 rings (SSSR count). The van der Waals surface area contributed by atoms with Crippen LogP contribution in [0.2, 0.25) is 0 Å². The summed E-state index contributed by atoms with van der Waals surface area (Å²) in [4.78, 5) is 0. The summed E-state index contributed by atoms with van der Waals surface area (Å²) in [5.74, 6) is 0. The molecule has 0 spiro atoms. The number of hydrogen-bond donors (Lipinski definition) is 2. The quantitative estimate of drug-likeness (QED) is 0.841. The van der Waals surface area contributed by atoms with Crippen LogP contribution in [0, 0.1) is 5.41 Å². The van der Waals surface area contributed by atoms with Crippen molar-refractivity contribution in [1.29, 1.82) is 0 Å². The summed E-state index contributed by atoms with van der Waals surface area (Å²) in [5.41, 5.74) is 0.577. The van der Waals surface area contributed by atoms with Crippen LogP contribution in [0.25, 0.3) is 0 Å². The maximum Gasteiger partial charge on any atom is 0.0631 e. The van der Waals surface area contributed by atoms with Gasteiger partial charge in [-0.2, -0.15) is 0 Å². The standard InChI is InChI=1S/C17H26O3/c1-16(2)9-8-15(20-16)11-17(12-18,13-19)10-14-6-4-3-5-7-14/h3-7,15,18-19H,8-13H2,1-2H3. The molecule has 1 aromatic carbocycles. The van der Waals surface area contributed by atoms with Crippen molar-refractivity contribution in [1.82, 2.24) is 0 Å². The predicted octanol–water partition coefficient (Wildman–Crippen LogP) is 2.55. The lowest BCUT2D eigenvalue weighted by Gasteiger charge is -2.33. The van der Waals surface area contributed by atoms with E-state index in [9.17, 15) is 10.2 Å². The highest BCUT2D eigenvalue weighted by molar-refractivity contribution is 5.17. The Kier molecular flexibility index (Phi) is 4.84. The predicted molar refractivity (Wildman–Crippen MR) is 79.6 cm³/mol. The normalized spacial score (nSPS) is 22.1. The molecule has 1 heterocycles. The van der Waals surface area contributed by atoms with Crippen LogP contribution in [0.15, 0.2) is 30.3 Å². The van der Waals surface area contributed by atoms with E-state index in [0.717, 1.165) is 18.4 Å². The Balaban J connectivity index is 2.06. The Morgan fingerprint density at radius 2 is 1.85 bits per heavy atom. The van der Waals surface area contributed by atoms with Crippen molar-refractivity contribution < 1.29 is 14.9 Å². The van der Waals surface area contributed by atoms with Gasteiger partial charge in [0.25, 0.3) is 0 Å². The van der Waals surface area contributed by atoms with E-state index in [1.54, 1.807) is 0 Å². The van der Waals surface area contributed by atoms with Gasteiger partial charge in [0.15, 0.2) is 0 Å². The highest BCUT2D eigenvalue weighted by atomic mass is 16.5. The second kappa shape index (κ2) is 6.25. The van der Waals surface area contributed by atoms with Crippen LogP contribution >= 0.6 is 0 Å². The third-order valence-corrected chi connectivity index (χ3v) is 4.31. The van der Waals surface area contributed by atoms with Gasteiger partial charge in [-0.15, -0.1) is 0 Å². The minimum absolute atomic E-state index is 0.0152. The van der Waals surface area contributed by atoms with Gasteiger partial charge in [-0.3, -0.25) is 0 Å². The van der Waals surface area contributed by atoms with Crippen LogP contribution in [-0.2, 0) is 11.2 Å². The Morgan fingerprint density at radius 1 is 1.20 bits per heavy atom. The van der Waals surface area contributed by atoms with Crippen LogP contribution in [-0.4, -0.2) is 35.1 Å². The average molecular weight is 278 g/mol. The average Bonchev–Trinajstić information content (AvgIpc) is 2.78. The van der Waals surface area contributed by atoms with E-state index in [0.29, 0.717) is 12.8 Å².